The van der Waals surface area contributed by atoms with Gasteiger partial charge in [0, 0.05) is 13.2 Å². The van der Waals surface area contributed by atoms with Crippen LogP contribution in [-0.4, -0.2) is 12.1 Å². The summed E-state index contributed by atoms with van der Waals surface area (Å²) < 4.78 is 0.891. The molecule has 39 valence electrons. The Morgan fingerprint density at radius 3 is 2.86 bits per heavy atom. The fourth-order valence-corrected chi connectivity index (χ4v) is 1.10. The molecule has 0 spiro atoms. The predicted octanol–water partition coefficient (Wildman–Crippen LogP) is 1.08. The van der Waals surface area contributed by atoms with Gasteiger partial charge in [0.2, 0.25) is 0 Å². The standard InChI is InChI=1S/C3H5N2S2/c1-5-2-3(6)7-4-5/h2,4H,1H3. The van der Waals surface area contributed by atoms with Gasteiger partial charge in [-0.25, -0.2) is 0 Å². The van der Waals surface area contributed by atoms with Crippen LogP contribution >= 0.6 is 24.6 Å². The fraction of sp³-hybridized carbons (Fsp3) is 0.333. The smallest absolute Gasteiger partial charge is 0.105 e. The van der Waals surface area contributed by atoms with Crippen LogP contribution in [0.5, 0.6) is 0 Å². The van der Waals surface area contributed by atoms with Gasteiger partial charge in [-0.2, -0.15) is 4.83 Å². The lowest BCUT2D eigenvalue weighted by molar-refractivity contribution is 0.444. The molecule has 0 aliphatic carbocycles. The molecule has 0 fully saturated rings. The maximum absolute atomic E-state index is 4.80. The lowest BCUT2D eigenvalue weighted by atomic mass is 10.9. The lowest BCUT2D eigenvalue weighted by Crippen LogP contribution is -2.17. The zero-order valence-corrected chi connectivity index (χ0v) is 5.47. The molecule has 0 bridgehead atoms. The van der Waals surface area contributed by atoms with E-state index in [0.29, 0.717) is 0 Å². The van der Waals surface area contributed by atoms with Crippen LogP contribution in [0.3, 0.4) is 0 Å². The predicted molar refractivity (Wildman–Crippen MR) is 34.2 cm³/mol. The van der Waals surface area contributed by atoms with Crippen molar-refractivity contribution in [1.82, 2.24) is 9.84 Å². The molecule has 0 saturated heterocycles. The normalized spacial score (nSPS) is 20.1. The molecular formula is C3H5N2S2. The zero-order valence-electron chi connectivity index (χ0n) is 3.84. The van der Waals surface area contributed by atoms with Crippen molar-refractivity contribution in [3.05, 3.63) is 10.4 Å². The van der Waals surface area contributed by atoms with Crippen molar-refractivity contribution < 1.29 is 0 Å². The molecule has 1 heterocycles. The van der Waals surface area contributed by atoms with Crippen LogP contribution in [0.15, 0.2) is 10.4 Å². The van der Waals surface area contributed by atoms with E-state index in [-0.39, 0.29) is 0 Å². The van der Waals surface area contributed by atoms with E-state index in [1.54, 1.807) is 0 Å². The molecule has 1 rings (SSSR count). The molecule has 0 aromatic heterocycles. The minimum Gasteiger partial charge on any atom is -0.307 e. The van der Waals surface area contributed by atoms with Gasteiger partial charge < -0.3 is 5.01 Å². The van der Waals surface area contributed by atoms with E-state index in [1.807, 2.05) is 18.3 Å². The summed E-state index contributed by atoms with van der Waals surface area (Å²) in [5.74, 6) is 0. The van der Waals surface area contributed by atoms with Gasteiger partial charge in [0.15, 0.2) is 0 Å². The van der Waals surface area contributed by atoms with Crippen LogP contribution in [0.1, 0.15) is 0 Å². The van der Waals surface area contributed by atoms with Crippen molar-refractivity contribution in [3.8, 4) is 0 Å². The summed E-state index contributed by atoms with van der Waals surface area (Å²) in [5, 5.41) is 1.83. The Labute approximate surface area is 52.5 Å². The zero-order chi connectivity index (χ0) is 5.28. The summed E-state index contributed by atoms with van der Waals surface area (Å²) in [7, 11) is 1.91. The first-order chi connectivity index (χ1) is 3.29. The topological polar surface area (TPSA) is 15.3 Å². The average molecular weight is 133 g/mol. The molecular weight excluding hydrogens is 128 g/mol. The van der Waals surface area contributed by atoms with E-state index in [4.69, 9.17) is 12.6 Å². The summed E-state index contributed by atoms with van der Waals surface area (Å²) in [6.45, 7) is 0. The summed E-state index contributed by atoms with van der Waals surface area (Å²) in [4.78, 5) is 2.92. The number of nitrogens with zero attached hydrogens (tertiary/aromatic N) is 1. The number of hydrogen-bond acceptors (Lipinski definition) is 3. The minimum atomic E-state index is 0.891. The van der Waals surface area contributed by atoms with Gasteiger partial charge in [-0.15, -0.1) is 0 Å². The molecule has 4 heteroatoms. The highest BCUT2D eigenvalue weighted by Crippen LogP contribution is 2.21. The van der Waals surface area contributed by atoms with Crippen molar-refractivity contribution in [3.63, 3.8) is 0 Å². The molecule has 1 N–H and O–H groups in total. The largest absolute Gasteiger partial charge is 0.307 e. The van der Waals surface area contributed by atoms with Crippen LogP contribution in [-0.2, 0) is 0 Å². The van der Waals surface area contributed by atoms with Crippen LogP contribution in [0, 0.1) is 0 Å². The van der Waals surface area contributed by atoms with E-state index >= 15 is 0 Å². The molecule has 0 saturated carbocycles. The first kappa shape index (κ1) is 5.21. The molecule has 0 atom stereocenters. The summed E-state index contributed by atoms with van der Waals surface area (Å²) in [6.07, 6.45) is 1.86. The second-order valence-electron chi connectivity index (χ2n) is 1.25. The van der Waals surface area contributed by atoms with E-state index in [2.05, 4.69) is 4.83 Å². The van der Waals surface area contributed by atoms with E-state index < -0.39 is 0 Å². The van der Waals surface area contributed by atoms with Crippen molar-refractivity contribution >= 4 is 24.6 Å². The molecule has 0 amide bonds. The Morgan fingerprint density at radius 1 is 2.00 bits per heavy atom. The number of nitrogens with one attached hydrogen (secondary N) is 1. The highest BCUT2D eigenvalue weighted by molar-refractivity contribution is 8.14. The fourth-order valence-electron chi connectivity index (χ4n) is 0.328. The summed E-state index contributed by atoms with van der Waals surface area (Å²) in [5.41, 5.74) is 0. The molecule has 1 aliphatic heterocycles. The van der Waals surface area contributed by atoms with Crippen molar-refractivity contribution in [1.29, 1.82) is 0 Å². The first-order valence-corrected chi connectivity index (χ1v) is 3.05. The van der Waals surface area contributed by atoms with Gasteiger partial charge in [0.1, 0.15) is 4.24 Å². The SMILES string of the molecule is CN1C=C([S])SN1. The third kappa shape index (κ3) is 1.22. The Hall–Kier alpha value is 0.0700. The highest BCUT2D eigenvalue weighted by atomic mass is 32.2. The molecule has 2 nitrogen and oxygen atoms in total. The number of rotatable bonds is 0. The van der Waals surface area contributed by atoms with E-state index in [1.165, 1.54) is 11.9 Å². The van der Waals surface area contributed by atoms with Gasteiger partial charge in [-0.1, -0.05) is 12.6 Å². The van der Waals surface area contributed by atoms with Crippen LogP contribution in [0.25, 0.3) is 0 Å². The Bertz CT molecular complexity index is 101. The molecule has 0 aromatic rings. The monoisotopic (exact) mass is 133 g/mol. The Kier molecular flexibility index (Phi) is 1.41. The van der Waals surface area contributed by atoms with Crippen LogP contribution < -0.4 is 4.83 Å². The van der Waals surface area contributed by atoms with Gasteiger partial charge in [-0.05, 0) is 11.9 Å². The third-order valence-corrected chi connectivity index (χ3v) is 1.63. The maximum Gasteiger partial charge on any atom is 0.105 e. The molecule has 7 heavy (non-hydrogen) atoms. The van der Waals surface area contributed by atoms with Gasteiger partial charge in [0.05, 0.1) is 0 Å². The highest BCUT2D eigenvalue weighted by Gasteiger charge is 2.03. The molecule has 1 aliphatic rings. The maximum atomic E-state index is 4.80. The Morgan fingerprint density at radius 2 is 2.71 bits per heavy atom. The second kappa shape index (κ2) is 1.90. The number of hydrogen-bond donors (Lipinski definition) is 1. The summed E-state index contributed by atoms with van der Waals surface area (Å²) in [6, 6.07) is 0. The van der Waals surface area contributed by atoms with Gasteiger partial charge in [0.25, 0.3) is 0 Å². The Balaban J connectivity index is 2.50. The molecule has 0 aromatic carbocycles. The number of hydrazine groups is 1. The molecule has 0 unspecified atom stereocenters. The molecule has 1 radical (unpaired) electrons. The first-order valence-electron chi connectivity index (χ1n) is 1.83. The minimum absolute atomic E-state index is 0.891. The third-order valence-electron chi connectivity index (χ3n) is 0.589. The summed E-state index contributed by atoms with van der Waals surface area (Å²) >= 11 is 6.26. The van der Waals surface area contributed by atoms with Gasteiger partial charge in [-0.3, -0.25) is 0 Å². The average Bonchev–Trinajstić information content (AvgIpc) is 1.87. The van der Waals surface area contributed by atoms with Crippen LogP contribution in [0.4, 0.5) is 0 Å². The van der Waals surface area contributed by atoms with Crippen LogP contribution in [0.2, 0.25) is 0 Å². The second-order valence-corrected chi connectivity index (χ2v) is 2.78. The van der Waals surface area contributed by atoms with Gasteiger partial charge >= 0.3 is 0 Å². The van der Waals surface area contributed by atoms with E-state index in [0.717, 1.165) is 4.24 Å². The van der Waals surface area contributed by atoms with Crippen molar-refractivity contribution in [2.45, 2.75) is 0 Å². The lowest BCUT2D eigenvalue weighted by Gasteiger charge is -2.02. The van der Waals surface area contributed by atoms with Crippen molar-refractivity contribution in [2.75, 3.05) is 7.05 Å². The van der Waals surface area contributed by atoms with E-state index in [9.17, 15) is 0 Å². The van der Waals surface area contributed by atoms with Crippen molar-refractivity contribution in [2.24, 2.45) is 0 Å². The quantitative estimate of drug-likeness (QED) is 0.498.